The number of esters is 1. The molecule has 2 nitrogen and oxygen atoms in total. The molecule has 0 aliphatic heterocycles. The molecule has 0 amide bonds. The number of benzene rings is 2. The molecule has 0 radical (unpaired) electrons. The summed E-state index contributed by atoms with van der Waals surface area (Å²) in [5.41, 5.74) is 1.10. The smallest absolute Gasteiger partial charge is 0.338 e. The average molecular weight is 254 g/mol. The van der Waals surface area contributed by atoms with E-state index in [2.05, 4.69) is 6.58 Å². The largest absolute Gasteiger partial charge is 0.456 e. The van der Waals surface area contributed by atoms with Crippen molar-refractivity contribution >= 4 is 22.8 Å². The molecular weight excluding hydrogens is 236 g/mol. The summed E-state index contributed by atoms with van der Waals surface area (Å²) in [6.45, 7) is 9.39. The fourth-order valence-electron chi connectivity index (χ4n) is 1.94. The van der Waals surface area contributed by atoms with Crippen LogP contribution in [0.4, 0.5) is 0 Å². The van der Waals surface area contributed by atoms with Crippen LogP contribution in [0.25, 0.3) is 16.8 Å². The van der Waals surface area contributed by atoms with Gasteiger partial charge in [0.15, 0.2) is 0 Å². The fourth-order valence-corrected chi connectivity index (χ4v) is 1.94. The van der Waals surface area contributed by atoms with Crippen molar-refractivity contribution < 1.29 is 9.53 Å². The van der Waals surface area contributed by atoms with Gasteiger partial charge in [0.1, 0.15) is 5.60 Å². The summed E-state index contributed by atoms with van der Waals surface area (Å²) >= 11 is 0. The van der Waals surface area contributed by atoms with E-state index in [1.165, 1.54) is 0 Å². The quantitative estimate of drug-likeness (QED) is 0.741. The number of hydrogen-bond acceptors (Lipinski definition) is 2. The molecule has 0 atom stereocenters. The Kier molecular flexibility index (Phi) is 3.43. The van der Waals surface area contributed by atoms with Crippen LogP contribution in [0.5, 0.6) is 0 Å². The zero-order valence-electron chi connectivity index (χ0n) is 11.6. The van der Waals surface area contributed by atoms with E-state index in [1.54, 1.807) is 12.1 Å². The second kappa shape index (κ2) is 4.88. The average Bonchev–Trinajstić information content (AvgIpc) is 2.35. The van der Waals surface area contributed by atoms with Gasteiger partial charge in [0.25, 0.3) is 0 Å². The Bertz CT molecular complexity index is 633. The van der Waals surface area contributed by atoms with Gasteiger partial charge in [0.2, 0.25) is 0 Å². The highest BCUT2D eigenvalue weighted by Crippen LogP contribution is 2.22. The zero-order valence-corrected chi connectivity index (χ0v) is 11.6. The van der Waals surface area contributed by atoms with E-state index in [0.29, 0.717) is 5.56 Å². The van der Waals surface area contributed by atoms with Crippen molar-refractivity contribution in [3.63, 3.8) is 0 Å². The number of rotatable bonds is 2. The van der Waals surface area contributed by atoms with Gasteiger partial charge in [-0.15, -0.1) is 0 Å². The van der Waals surface area contributed by atoms with Gasteiger partial charge in [0.05, 0.1) is 5.56 Å². The highest BCUT2D eigenvalue weighted by Gasteiger charge is 2.18. The van der Waals surface area contributed by atoms with Crippen LogP contribution in [-0.4, -0.2) is 11.6 Å². The SMILES string of the molecule is C=Cc1cccc2ccc(C(=O)OC(C)(C)C)cc12. The van der Waals surface area contributed by atoms with Crippen LogP contribution in [0.15, 0.2) is 43.0 Å². The molecule has 2 aromatic carbocycles. The number of carbonyl (C=O) groups is 1. The number of carbonyl (C=O) groups excluding carboxylic acids is 1. The van der Waals surface area contributed by atoms with Crippen molar-refractivity contribution in [2.75, 3.05) is 0 Å². The Morgan fingerprint density at radius 3 is 2.58 bits per heavy atom. The summed E-state index contributed by atoms with van der Waals surface area (Å²) in [6, 6.07) is 11.6. The van der Waals surface area contributed by atoms with Crippen LogP contribution in [0.3, 0.4) is 0 Å². The van der Waals surface area contributed by atoms with E-state index >= 15 is 0 Å². The molecule has 0 saturated heterocycles. The van der Waals surface area contributed by atoms with E-state index in [4.69, 9.17) is 4.74 Å². The fraction of sp³-hybridized carbons (Fsp3) is 0.235. The van der Waals surface area contributed by atoms with Crippen molar-refractivity contribution in [2.24, 2.45) is 0 Å². The van der Waals surface area contributed by atoms with Crippen molar-refractivity contribution in [1.29, 1.82) is 0 Å². The molecule has 0 unspecified atom stereocenters. The monoisotopic (exact) mass is 254 g/mol. The number of ether oxygens (including phenoxy) is 1. The van der Waals surface area contributed by atoms with Gasteiger partial charge in [-0.2, -0.15) is 0 Å². The Hall–Kier alpha value is -2.09. The summed E-state index contributed by atoms with van der Waals surface area (Å²) in [7, 11) is 0. The van der Waals surface area contributed by atoms with Gasteiger partial charge < -0.3 is 4.74 Å². The highest BCUT2D eigenvalue weighted by atomic mass is 16.6. The molecule has 0 N–H and O–H groups in total. The molecule has 0 fully saturated rings. The molecular formula is C17H18O2. The maximum Gasteiger partial charge on any atom is 0.338 e. The maximum atomic E-state index is 12.1. The van der Waals surface area contributed by atoms with Crippen molar-refractivity contribution in [3.8, 4) is 0 Å². The standard InChI is InChI=1S/C17H18O2/c1-5-12-7-6-8-13-9-10-14(11-15(12)13)16(18)19-17(2,3)4/h5-11H,1H2,2-4H3. The topological polar surface area (TPSA) is 26.3 Å². The van der Waals surface area contributed by atoms with Crippen molar-refractivity contribution in [3.05, 3.63) is 54.1 Å². The minimum Gasteiger partial charge on any atom is -0.456 e. The van der Waals surface area contributed by atoms with Gasteiger partial charge in [0, 0.05) is 0 Å². The lowest BCUT2D eigenvalue weighted by Crippen LogP contribution is -2.23. The number of fused-ring (bicyclic) bond motifs is 1. The molecule has 0 heterocycles. The van der Waals surface area contributed by atoms with E-state index in [0.717, 1.165) is 16.3 Å². The molecule has 0 bridgehead atoms. The number of hydrogen-bond donors (Lipinski definition) is 0. The zero-order chi connectivity index (χ0) is 14.0. The van der Waals surface area contributed by atoms with Gasteiger partial charge in [-0.3, -0.25) is 0 Å². The second-order valence-electron chi connectivity index (χ2n) is 5.49. The van der Waals surface area contributed by atoms with E-state index in [9.17, 15) is 4.79 Å². The lowest BCUT2D eigenvalue weighted by atomic mass is 10.0. The van der Waals surface area contributed by atoms with Crippen LogP contribution in [0.1, 0.15) is 36.7 Å². The third kappa shape index (κ3) is 3.02. The first-order chi connectivity index (χ1) is 8.90. The lowest BCUT2D eigenvalue weighted by Gasteiger charge is -2.19. The molecule has 0 aliphatic rings. The van der Waals surface area contributed by atoms with Crippen molar-refractivity contribution in [1.82, 2.24) is 0 Å². The van der Waals surface area contributed by atoms with E-state index < -0.39 is 5.60 Å². The molecule has 0 saturated carbocycles. The summed E-state index contributed by atoms with van der Waals surface area (Å²) in [5.74, 6) is -0.298. The first kappa shape index (κ1) is 13.3. The van der Waals surface area contributed by atoms with E-state index in [-0.39, 0.29) is 5.97 Å². The first-order valence-corrected chi connectivity index (χ1v) is 6.29. The molecule has 2 aromatic rings. The van der Waals surface area contributed by atoms with Gasteiger partial charge >= 0.3 is 5.97 Å². The third-order valence-electron chi connectivity index (χ3n) is 2.77. The summed E-state index contributed by atoms with van der Waals surface area (Å²) in [6.07, 6.45) is 1.79. The normalized spacial score (nSPS) is 11.3. The maximum absolute atomic E-state index is 12.1. The van der Waals surface area contributed by atoms with Crippen LogP contribution in [-0.2, 0) is 4.74 Å². The predicted molar refractivity (Wildman–Crippen MR) is 79.2 cm³/mol. The third-order valence-corrected chi connectivity index (χ3v) is 2.77. The molecule has 19 heavy (non-hydrogen) atoms. The van der Waals surface area contributed by atoms with Crippen LogP contribution < -0.4 is 0 Å². The van der Waals surface area contributed by atoms with Crippen molar-refractivity contribution in [2.45, 2.75) is 26.4 Å². The Morgan fingerprint density at radius 2 is 1.95 bits per heavy atom. The highest BCUT2D eigenvalue weighted by molar-refractivity contribution is 5.98. The minimum absolute atomic E-state index is 0.298. The van der Waals surface area contributed by atoms with E-state index in [1.807, 2.05) is 51.1 Å². The summed E-state index contributed by atoms with van der Waals surface area (Å²) < 4.78 is 5.38. The molecule has 2 heteroatoms. The Morgan fingerprint density at radius 1 is 1.21 bits per heavy atom. The Labute approximate surface area is 113 Å². The molecule has 98 valence electrons. The van der Waals surface area contributed by atoms with Crippen LogP contribution >= 0.6 is 0 Å². The Balaban J connectivity index is 2.46. The molecule has 2 rings (SSSR count). The van der Waals surface area contributed by atoms with Crippen LogP contribution in [0.2, 0.25) is 0 Å². The molecule has 0 aromatic heterocycles. The first-order valence-electron chi connectivity index (χ1n) is 6.29. The minimum atomic E-state index is -0.482. The summed E-state index contributed by atoms with van der Waals surface area (Å²) in [4.78, 5) is 12.1. The lowest BCUT2D eigenvalue weighted by molar-refractivity contribution is 0.00697. The summed E-state index contributed by atoms with van der Waals surface area (Å²) in [5, 5.41) is 2.10. The molecule has 0 spiro atoms. The second-order valence-corrected chi connectivity index (χ2v) is 5.49. The van der Waals surface area contributed by atoms with Gasteiger partial charge in [-0.1, -0.05) is 36.9 Å². The van der Waals surface area contributed by atoms with Gasteiger partial charge in [-0.25, -0.2) is 4.79 Å². The van der Waals surface area contributed by atoms with Gasteiger partial charge in [-0.05, 0) is 49.2 Å². The molecule has 0 aliphatic carbocycles. The van der Waals surface area contributed by atoms with Crippen LogP contribution in [0, 0.1) is 0 Å². The predicted octanol–water partition coefficient (Wildman–Crippen LogP) is 4.44.